The van der Waals surface area contributed by atoms with Crippen LogP contribution >= 0.6 is 0 Å². The Kier molecular flexibility index (Phi) is 5.18. The predicted molar refractivity (Wildman–Crippen MR) is 110 cm³/mol. The van der Waals surface area contributed by atoms with E-state index in [4.69, 9.17) is 4.42 Å². The maximum atomic E-state index is 13.1. The molecule has 1 aliphatic rings. The van der Waals surface area contributed by atoms with E-state index in [0.29, 0.717) is 40.8 Å². The monoisotopic (exact) mass is 407 g/mol. The average Bonchev–Trinajstić information content (AvgIpc) is 3.12. The Labute approximate surface area is 171 Å². The molecule has 6 nitrogen and oxygen atoms in total. The van der Waals surface area contributed by atoms with Gasteiger partial charge in [-0.3, -0.25) is 9.59 Å². The van der Waals surface area contributed by atoms with E-state index in [1.807, 2.05) is 6.08 Å². The van der Waals surface area contributed by atoms with Crippen LogP contribution < -0.4 is 10.7 Å². The van der Waals surface area contributed by atoms with Crippen molar-refractivity contribution in [3.8, 4) is 0 Å². The first-order chi connectivity index (χ1) is 14.5. The van der Waals surface area contributed by atoms with Crippen LogP contribution in [0.1, 0.15) is 30.2 Å². The number of hydrogen-bond donors (Lipinski definition) is 1. The summed E-state index contributed by atoms with van der Waals surface area (Å²) in [6, 6.07) is 10.7. The number of fused-ring (bicyclic) bond motifs is 2. The largest absolute Gasteiger partial charge is 0.459 e. The molecule has 0 saturated heterocycles. The van der Waals surface area contributed by atoms with E-state index in [0.717, 1.165) is 11.1 Å². The van der Waals surface area contributed by atoms with Crippen LogP contribution in [0.5, 0.6) is 0 Å². The van der Waals surface area contributed by atoms with Crippen molar-refractivity contribution in [3.05, 3.63) is 75.4 Å². The molecule has 0 unspecified atom stereocenters. The minimum Gasteiger partial charge on any atom is -0.459 e. The van der Waals surface area contributed by atoms with Crippen molar-refractivity contribution in [2.75, 3.05) is 11.9 Å². The Morgan fingerprint density at radius 2 is 1.93 bits per heavy atom. The summed E-state index contributed by atoms with van der Waals surface area (Å²) < 4.78 is 23.8. The first-order valence-corrected chi connectivity index (χ1v) is 9.50. The van der Waals surface area contributed by atoms with Gasteiger partial charge in [0, 0.05) is 17.3 Å². The van der Waals surface area contributed by atoms with Gasteiger partial charge >= 0.3 is 11.9 Å². The summed E-state index contributed by atoms with van der Waals surface area (Å²) >= 11 is 0. The number of hydrogen-bond acceptors (Lipinski definition) is 5. The summed E-state index contributed by atoms with van der Waals surface area (Å²) in [6.45, 7) is 1.70. The highest BCUT2D eigenvalue weighted by molar-refractivity contribution is 6.37. The second-order valence-electron chi connectivity index (χ2n) is 6.85. The number of nitrogens with one attached hydrogen (secondary N) is 1. The molecule has 0 saturated carbocycles. The summed E-state index contributed by atoms with van der Waals surface area (Å²) in [5.74, 6) is -1.72. The van der Waals surface area contributed by atoms with Gasteiger partial charge in [-0.1, -0.05) is 12.1 Å². The zero-order chi connectivity index (χ0) is 21.3. The second kappa shape index (κ2) is 7.94. The standard InChI is InChI=1S/C23H18FNO5/c1-2-29-23(28)22(27)25-16-8-10-17-19(12-16)30-21-14(5-9-18(21)20(17)26)11-13-3-6-15(24)7-4-13/h3-4,6-8,10-12H,2,5,9H2,1H3,(H,25,27). The molecule has 2 aromatic carbocycles. The number of halogens is 1. The van der Waals surface area contributed by atoms with Crippen molar-refractivity contribution >= 4 is 40.2 Å². The third-order valence-corrected chi connectivity index (χ3v) is 4.85. The molecule has 0 aliphatic heterocycles. The van der Waals surface area contributed by atoms with Crippen LogP contribution in [0, 0.1) is 5.82 Å². The predicted octanol–water partition coefficient (Wildman–Crippen LogP) is 3.92. The van der Waals surface area contributed by atoms with E-state index in [1.165, 1.54) is 24.3 Å². The summed E-state index contributed by atoms with van der Waals surface area (Å²) in [5.41, 5.74) is 2.73. The number of allylic oxidation sites excluding steroid dienone is 1. The molecular formula is C23H18FNO5. The molecule has 152 valence electrons. The molecule has 30 heavy (non-hydrogen) atoms. The molecule has 1 aromatic heterocycles. The summed E-state index contributed by atoms with van der Waals surface area (Å²) in [4.78, 5) is 36.3. The van der Waals surface area contributed by atoms with Gasteiger partial charge in [0.25, 0.3) is 0 Å². The lowest BCUT2D eigenvalue weighted by molar-refractivity contribution is -0.152. The third-order valence-electron chi connectivity index (χ3n) is 4.85. The number of carbonyl (C=O) groups excluding carboxylic acids is 2. The molecule has 0 atom stereocenters. The van der Waals surface area contributed by atoms with Crippen LogP contribution in [0.3, 0.4) is 0 Å². The Bertz CT molecular complexity index is 1240. The zero-order valence-corrected chi connectivity index (χ0v) is 16.2. The second-order valence-corrected chi connectivity index (χ2v) is 6.85. The van der Waals surface area contributed by atoms with Gasteiger partial charge in [-0.2, -0.15) is 0 Å². The number of rotatable bonds is 3. The van der Waals surface area contributed by atoms with Gasteiger partial charge in [0.2, 0.25) is 0 Å². The fourth-order valence-electron chi connectivity index (χ4n) is 3.45. The molecule has 1 N–H and O–H groups in total. The van der Waals surface area contributed by atoms with Crippen LogP contribution in [0.2, 0.25) is 0 Å². The normalized spacial score (nSPS) is 14.0. The van der Waals surface area contributed by atoms with E-state index in [-0.39, 0.29) is 17.9 Å². The maximum Gasteiger partial charge on any atom is 0.397 e. The molecule has 0 spiro atoms. The van der Waals surface area contributed by atoms with E-state index in [2.05, 4.69) is 10.1 Å². The summed E-state index contributed by atoms with van der Waals surface area (Å²) in [5, 5.41) is 2.83. The van der Waals surface area contributed by atoms with E-state index < -0.39 is 11.9 Å². The van der Waals surface area contributed by atoms with Crippen LogP contribution in [0.25, 0.3) is 22.6 Å². The van der Waals surface area contributed by atoms with Gasteiger partial charge in [0.05, 0.1) is 12.0 Å². The van der Waals surface area contributed by atoms with Crippen LogP contribution in [-0.4, -0.2) is 18.5 Å². The minimum absolute atomic E-state index is 0.0914. The molecule has 0 radical (unpaired) electrons. The molecule has 1 amide bonds. The number of benzene rings is 2. The van der Waals surface area contributed by atoms with Gasteiger partial charge in [0.15, 0.2) is 5.43 Å². The van der Waals surface area contributed by atoms with Gasteiger partial charge in [-0.05, 0) is 61.2 Å². The van der Waals surface area contributed by atoms with Crippen molar-refractivity contribution in [3.63, 3.8) is 0 Å². The maximum absolute atomic E-state index is 13.1. The highest BCUT2D eigenvalue weighted by Crippen LogP contribution is 2.34. The van der Waals surface area contributed by atoms with Gasteiger partial charge in [-0.25, -0.2) is 9.18 Å². The highest BCUT2D eigenvalue weighted by Gasteiger charge is 2.24. The lowest BCUT2D eigenvalue weighted by Crippen LogP contribution is -2.25. The third kappa shape index (κ3) is 3.74. The molecule has 1 aliphatic carbocycles. The van der Waals surface area contributed by atoms with Crippen molar-refractivity contribution in [2.24, 2.45) is 0 Å². The highest BCUT2D eigenvalue weighted by atomic mass is 19.1. The van der Waals surface area contributed by atoms with Gasteiger partial charge in [0.1, 0.15) is 17.2 Å². The number of ether oxygens (including phenoxy) is 1. The lowest BCUT2D eigenvalue weighted by Gasteiger charge is -2.07. The molecule has 0 fully saturated rings. The van der Waals surface area contributed by atoms with Crippen LogP contribution in [0.4, 0.5) is 10.1 Å². The first kappa shape index (κ1) is 19.6. The quantitative estimate of drug-likeness (QED) is 0.525. The molecule has 4 rings (SSSR count). The average molecular weight is 407 g/mol. The molecule has 1 heterocycles. The van der Waals surface area contributed by atoms with Crippen molar-refractivity contribution < 1.29 is 23.1 Å². The lowest BCUT2D eigenvalue weighted by atomic mass is 10.1. The topological polar surface area (TPSA) is 85.6 Å². The van der Waals surface area contributed by atoms with E-state index >= 15 is 0 Å². The van der Waals surface area contributed by atoms with E-state index in [9.17, 15) is 18.8 Å². The summed E-state index contributed by atoms with van der Waals surface area (Å²) in [7, 11) is 0. The van der Waals surface area contributed by atoms with Gasteiger partial charge in [-0.15, -0.1) is 0 Å². The van der Waals surface area contributed by atoms with Crippen molar-refractivity contribution in [1.82, 2.24) is 0 Å². The van der Waals surface area contributed by atoms with Gasteiger partial charge < -0.3 is 14.5 Å². The smallest absolute Gasteiger partial charge is 0.397 e. The first-order valence-electron chi connectivity index (χ1n) is 9.50. The Morgan fingerprint density at radius 3 is 2.67 bits per heavy atom. The van der Waals surface area contributed by atoms with Crippen molar-refractivity contribution in [1.29, 1.82) is 0 Å². The van der Waals surface area contributed by atoms with Crippen LogP contribution in [-0.2, 0) is 20.7 Å². The number of esters is 1. The Morgan fingerprint density at radius 1 is 1.17 bits per heavy atom. The van der Waals surface area contributed by atoms with Crippen molar-refractivity contribution in [2.45, 2.75) is 19.8 Å². The summed E-state index contributed by atoms with van der Waals surface area (Å²) in [6.07, 6.45) is 3.06. The Balaban J connectivity index is 1.71. The Hall–Kier alpha value is -3.74. The zero-order valence-electron chi connectivity index (χ0n) is 16.2. The van der Waals surface area contributed by atoms with Crippen LogP contribution in [0.15, 0.2) is 51.7 Å². The fourth-order valence-corrected chi connectivity index (χ4v) is 3.45. The molecular weight excluding hydrogens is 389 g/mol. The fraction of sp³-hybridized carbons (Fsp3) is 0.174. The SMILES string of the molecule is CCOC(=O)C(=O)Nc1ccc2c(=O)c3c(oc2c1)C(=Cc1ccc(F)cc1)CC3. The number of anilines is 1. The number of amides is 1. The van der Waals surface area contributed by atoms with E-state index in [1.54, 1.807) is 25.1 Å². The molecule has 3 aromatic rings. The molecule has 0 bridgehead atoms. The molecule has 7 heteroatoms. The minimum atomic E-state index is -0.988. The number of carbonyl (C=O) groups is 2.